The molecule has 11 heteroatoms. The molecule has 3 N–H and O–H groups in total. The Morgan fingerprint density at radius 3 is 2.81 bits per heavy atom. The summed E-state index contributed by atoms with van der Waals surface area (Å²) in [5, 5.41) is 6.63. The third-order valence-electron chi connectivity index (χ3n) is 5.33. The van der Waals surface area contributed by atoms with Gasteiger partial charge in [-0.25, -0.2) is 9.37 Å². The topological polar surface area (TPSA) is 78.0 Å². The Bertz CT molecular complexity index is 1130. The van der Waals surface area contributed by atoms with Crippen molar-refractivity contribution in [3.8, 4) is 16.9 Å². The number of ether oxygens (including phenoxy) is 1. The number of aromatic nitrogens is 3. The maximum atomic E-state index is 13.9. The molecule has 3 heterocycles. The molecule has 156 valence electrons. The molecule has 6 nitrogen and oxygen atoms in total. The van der Waals surface area contributed by atoms with Crippen LogP contribution in [0, 0.1) is 5.82 Å². The molecular formula is C20H18B2Cl2FN5O. The SMILES string of the molecule is [B]C1([B])NCCC1n1cc(-c2cnc(N)c(OC(C)c3c(Cl)ccc(F)c3Cl)c2)cn1. The van der Waals surface area contributed by atoms with Crippen molar-refractivity contribution < 1.29 is 9.13 Å². The summed E-state index contributed by atoms with van der Waals surface area (Å²) in [4.78, 5) is 4.21. The van der Waals surface area contributed by atoms with Crippen LogP contribution in [-0.2, 0) is 0 Å². The number of nitrogens with one attached hydrogen (secondary N) is 1. The van der Waals surface area contributed by atoms with E-state index in [0.29, 0.717) is 22.9 Å². The van der Waals surface area contributed by atoms with Gasteiger partial charge in [-0.2, -0.15) is 5.10 Å². The second-order valence-corrected chi connectivity index (χ2v) is 8.28. The average molecular weight is 456 g/mol. The fraction of sp³-hybridized carbons (Fsp3) is 0.300. The number of pyridine rings is 1. The van der Waals surface area contributed by atoms with Crippen LogP contribution in [0.15, 0.2) is 36.8 Å². The molecule has 1 aliphatic rings. The van der Waals surface area contributed by atoms with E-state index in [1.54, 1.807) is 30.1 Å². The first kappa shape index (κ1) is 22.0. The zero-order valence-corrected chi connectivity index (χ0v) is 18.2. The van der Waals surface area contributed by atoms with Crippen LogP contribution in [-0.4, -0.2) is 42.3 Å². The Morgan fingerprint density at radius 2 is 2.10 bits per heavy atom. The average Bonchev–Trinajstić information content (AvgIpc) is 3.32. The number of halogens is 3. The molecule has 2 aromatic heterocycles. The number of nitrogens with zero attached hydrogens (tertiary/aromatic N) is 3. The summed E-state index contributed by atoms with van der Waals surface area (Å²) in [7, 11) is 12.2. The van der Waals surface area contributed by atoms with Gasteiger partial charge in [0.15, 0.2) is 11.6 Å². The molecule has 31 heavy (non-hydrogen) atoms. The summed E-state index contributed by atoms with van der Waals surface area (Å²) in [6.07, 6.45) is 5.23. The largest absolute Gasteiger partial charge is 0.482 e. The monoisotopic (exact) mass is 455 g/mol. The lowest BCUT2D eigenvalue weighted by Crippen LogP contribution is -2.46. The minimum atomic E-state index is -1.03. The number of benzene rings is 1. The van der Waals surface area contributed by atoms with E-state index in [9.17, 15) is 4.39 Å². The van der Waals surface area contributed by atoms with E-state index in [-0.39, 0.29) is 16.9 Å². The quantitative estimate of drug-likeness (QED) is 0.453. The number of hydrogen-bond acceptors (Lipinski definition) is 5. The van der Waals surface area contributed by atoms with E-state index in [0.717, 1.165) is 17.5 Å². The van der Waals surface area contributed by atoms with Crippen molar-refractivity contribution in [2.45, 2.75) is 30.8 Å². The van der Waals surface area contributed by atoms with Crippen molar-refractivity contribution in [1.82, 2.24) is 20.1 Å². The Hall–Kier alpha value is -2.22. The molecule has 0 amide bonds. The van der Waals surface area contributed by atoms with Crippen molar-refractivity contribution in [2.75, 3.05) is 12.3 Å². The molecule has 1 aromatic carbocycles. The maximum absolute atomic E-state index is 13.9. The summed E-state index contributed by atoms with van der Waals surface area (Å²) in [5.41, 5.74) is 7.85. The molecule has 2 unspecified atom stereocenters. The molecular weight excluding hydrogens is 438 g/mol. The zero-order valence-electron chi connectivity index (χ0n) is 16.6. The molecule has 0 aliphatic carbocycles. The lowest BCUT2D eigenvalue weighted by atomic mass is 9.59. The summed E-state index contributed by atoms with van der Waals surface area (Å²) >= 11 is 12.3. The molecule has 1 saturated heterocycles. The second kappa shape index (κ2) is 8.37. The van der Waals surface area contributed by atoms with Crippen LogP contribution in [0.3, 0.4) is 0 Å². The van der Waals surface area contributed by atoms with Gasteiger partial charge in [-0.1, -0.05) is 23.2 Å². The van der Waals surface area contributed by atoms with Crippen LogP contribution >= 0.6 is 23.2 Å². The van der Waals surface area contributed by atoms with Crippen LogP contribution in [0.1, 0.15) is 31.1 Å². The molecule has 3 aromatic rings. The van der Waals surface area contributed by atoms with Gasteiger partial charge in [-0.05, 0) is 43.4 Å². The van der Waals surface area contributed by atoms with Gasteiger partial charge in [0.2, 0.25) is 0 Å². The van der Waals surface area contributed by atoms with Gasteiger partial charge in [0, 0.05) is 34.1 Å². The minimum Gasteiger partial charge on any atom is -0.482 e. The summed E-state index contributed by atoms with van der Waals surface area (Å²) in [6.45, 7) is 2.41. The van der Waals surface area contributed by atoms with Crippen LogP contribution in [0.2, 0.25) is 10.0 Å². The fourth-order valence-corrected chi connectivity index (χ4v) is 4.34. The molecule has 1 aliphatic heterocycles. The van der Waals surface area contributed by atoms with Crippen molar-refractivity contribution in [3.05, 3.63) is 58.2 Å². The van der Waals surface area contributed by atoms with Crippen LogP contribution in [0.4, 0.5) is 10.2 Å². The number of nitrogen functional groups attached to an aromatic ring is 1. The molecule has 0 bridgehead atoms. The first-order chi connectivity index (χ1) is 14.7. The number of rotatable bonds is 5. The van der Waals surface area contributed by atoms with Crippen LogP contribution in [0.5, 0.6) is 5.75 Å². The second-order valence-electron chi connectivity index (χ2n) is 7.50. The summed E-state index contributed by atoms with van der Waals surface area (Å²) in [5.74, 6) is -0.0979. The van der Waals surface area contributed by atoms with E-state index < -0.39 is 17.3 Å². The normalized spacial score (nSPS) is 18.8. The smallest absolute Gasteiger partial charge is 0.166 e. The highest BCUT2D eigenvalue weighted by Gasteiger charge is 2.34. The maximum Gasteiger partial charge on any atom is 0.166 e. The summed E-state index contributed by atoms with van der Waals surface area (Å²) < 4.78 is 21.6. The van der Waals surface area contributed by atoms with E-state index in [2.05, 4.69) is 15.4 Å². The predicted octanol–water partition coefficient (Wildman–Crippen LogP) is 3.64. The van der Waals surface area contributed by atoms with Crippen LogP contribution < -0.4 is 15.8 Å². The van der Waals surface area contributed by atoms with E-state index >= 15 is 0 Å². The number of hydrogen-bond donors (Lipinski definition) is 2. The van der Waals surface area contributed by atoms with Gasteiger partial charge in [-0.3, -0.25) is 4.68 Å². The van der Waals surface area contributed by atoms with Gasteiger partial charge in [-0.15, -0.1) is 0 Å². The summed E-state index contributed by atoms with van der Waals surface area (Å²) in [6, 6.07) is 4.17. The standard InChI is InChI=1S/C20H18B2Cl2FN5O/c1-10(17-13(23)2-3-14(25)18(17)24)31-15-6-11(7-27-19(15)26)12-8-29-30(9-12)16-4-5-28-20(16,21)22/h2-3,6-10,16,28H,4-5H2,1H3,(H2,26,27). The van der Waals surface area contributed by atoms with Gasteiger partial charge >= 0.3 is 0 Å². The first-order valence-corrected chi connectivity index (χ1v) is 10.4. The molecule has 4 rings (SSSR count). The zero-order chi connectivity index (χ0) is 22.3. The van der Waals surface area contributed by atoms with E-state index in [1.165, 1.54) is 12.1 Å². The van der Waals surface area contributed by atoms with Crippen molar-refractivity contribution in [2.24, 2.45) is 0 Å². The number of nitrogens with two attached hydrogens (primary N) is 1. The van der Waals surface area contributed by atoms with Crippen LogP contribution in [0.25, 0.3) is 11.1 Å². The van der Waals surface area contributed by atoms with Gasteiger partial charge in [0.25, 0.3) is 0 Å². The third-order valence-corrected chi connectivity index (χ3v) is 6.04. The first-order valence-electron chi connectivity index (χ1n) is 9.60. The lowest BCUT2D eigenvalue weighted by molar-refractivity contribution is 0.227. The molecule has 0 saturated carbocycles. The number of anilines is 1. The highest BCUT2D eigenvalue weighted by Crippen LogP contribution is 2.37. The van der Waals surface area contributed by atoms with Gasteiger partial charge in [0.1, 0.15) is 11.9 Å². The van der Waals surface area contributed by atoms with Crippen molar-refractivity contribution >= 4 is 44.7 Å². The Balaban J connectivity index is 1.61. The Labute approximate surface area is 192 Å². The minimum absolute atomic E-state index is 0.0961. The lowest BCUT2D eigenvalue weighted by Gasteiger charge is -2.28. The van der Waals surface area contributed by atoms with E-state index in [4.69, 9.17) is 49.4 Å². The third kappa shape index (κ3) is 4.27. The van der Waals surface area contributed by atoms with Crippen molar-refractivity contribution in [3.63, 3.8) is 0 Å². The van der Waals surface area contributed by atoms with E-state index in [1.807, 2.05) is 6.20 Å². The molecule has 0 spiro atoms. The Morgan fingerprint density at radius 1 is 1.32 bits per heavy atom. The Kier molecular flexibility index (Phi) is 5.94. The predicted molar refractivity (Wildman–Crippen MR) is 121 cm³/mol. The molecule has 2 atom stereocenters. The molecule has 4 radical (unpaired) electrons. The highest BCUT2D eigenvalue weighted by atomic mass is 35.5. The highest BCUT2D eigenvalue weighted by molar-refractivity contribution is 6.40. The fourth-order valence-electron chi connectivity index (χ4n) is 3.66. The van der Waals surface area contributed by atoms with Crippen molar-refractivity contribution in [1.29, 1.82) is 0 Å². The molecule has 1 fully saturated rings. The van der Waals surface area contributed by atoms with Gasteiger partial charge in [0.05, 0.1) is 33.0 Å². The van der Waals surface area contributed by atoms with Gasteiger partial charge < -0.3 is 15.8 Å².